The van der Waals surface area contributed by atoms with Crippen LogP contribution in [0.3, 0.4) is 0 Å². The second kappa shape index (κ2) is 8.42. The topological polar surface area (TPSA) is 54.5 Å². The van der Waals surface area contributed by atoms with Gasteiger partial charge in [-0.15, -0.1) is 35.4 Å². The number of nitrogens with zero attached hydrogens (tertiary/aromatic N) is 1. The molecule has 1 heterocycles. The quantitative estimate of drug-likeness (QED) is 0.430. The molecule has 3 rings (SSSR count). The summed E-state index contributed by atoms with van der Waals surface area (Å²) in [4.78, 5) is 12.0. The number of rotatable bonds is 1. The SMILES string of the molecule is CC(O)=[OH+].Cc1c[c-]c(-c2nccc3ccccc23)cc1.[Ir]. The Labute approximate surface area is 143 Å². The molecule has 4 heteroatoms. The summed E-state index contributed by atoms with van der Waals surface area (Å²) in [7, 11) is 0. The molecule has 115 valence electrons. The maximum absolute atomic E-state index is 7.53. The fourth-order valence-electron chi connectivity index (χ4n) is 1.98. The summed E-state index contributed by atoms with van der Waals surface area (Å²) in [6, 6.07) is 19.8. The van der Waals surface area contributed by atoms with Crippen molar-refractivity contribution in [3.8, 4) is 11.3 Å². The van der Waals surface area contributed by atoms with Gasteiger partial charge >= 0.3 is 5.97 Å². The Bertz CT molecular complexity index is 745. The zero-order valence-electron chi connectivity index (χ0n) is 12.4. The smallest absolute Gasteiger partial charge is 0.339 e. The van der Waals surface area contributed by atoms with E-state index < -0.39 is 5.97 Å². The van der Waals surface area contributed by atoms with Gasteiger partial charge in [-0.1, -0.05) is 31.2 Å². The molecule has 2 aromatic carbocycles. The maximum Gasteiger partial charge on any atom is 0.477 e. The Kier molecular flexibility index (Phi) is 6.90. The van der Waals surface area contributed by atoms with Gasteiger partial charge in [-0.05, 0) is 22.5 Å². The number of hydrogen-bond acceptors (Lipinski definition) is 1. The molecule has 0 bridgehead atoms. The third kappa shape index (κ3) is 4.76. The minimum Gasteiger partial charge on any atom is -0.339 e. The molecule has 0 spiro atoms. The van der Waals surface area contributed by atoms with Crippen LogP contribution in [-0.2, 0) is 20.1 Å². The van der Waals surface area contributed by atoms with Crippen LogP contribution in [-0.4, -0.2) is 20.9 Å². The van der Waals surface area contributed by atoms with Crippen LogP contribution in [0, 0.1) is 13.0 Å². The maximum atomic E-state index is 7.53. The summed E-state index contributed by atoms with van der Waals surface area (Å²) < 4.78 is 0. The van der Waals surface area contributed by atoms with Crippen molar-refractivity contribution >= 4 is 16.7 Å². The van der Waals surface area contributed by atoms with Gasteiger partial charge in [0.1, 0.15) is 0 Å². The number of carboxylic acid groups (broad SMARTS) is 1. The van der Waals surface area contributed by atoms with Crippen molar-refractivity contribution in [1.82, 2.24) is 4.98 Å². The molecule has 0 saturated heterocycles. The van der Waals surface area contributed by atoms with E-state index in [1.54, 1.807) is 0 Å². The van der Waals surface area contributed by atoms with E-state index in [9.17, 15) is 0 Å². The van der Waals surface area contributed by atoms with Crippen molar-refractivity contribution in [2.75, 3.05) is 0 Å². The Morgan fingerprint density at radius 1 is 1.14 bits per heavy atom. The van der Waals surface area contributed by atoms with E-state index in [0.29, 0.717) is 0 Å². The van der Waals surface area contributed by atoms with E-state index in [1.807, 2.05) is 30.5 Å². The molecule has 0 unspecified atom stereocenters. The number of aryl methyl sites for hydroxylation is 1. The van der Waals surface area contributed by atoms with Crippen LogP contribution in [0.1, 0.15) is 12.5 Å². The summed E-state index contributed by atoms with van der Waals surface area (Å²) in [5.41, 5.74) is 3.27. The van der Waals surface area contributed by atoms with Gasteiger partial charge in [0.25, 0.3) is 0 Å². The molecule has 0 aliphatic carbocycles. The van der Waals surface area contributed by atoms with E-state index in [2.05, 4.69) is 42.2 Å². The second-order valence-electron chi connectivity index (χ2n) is 4.71. The molecule has 22 heavy (non-hydrogen) atoms. The van der Waals surface area contributed by atoms with Gasteiger partial charge in [-0.3, -0.25) is 0 Å². The predicted molar refractivity (Wildman–Crippen MR) is 86.0 cm³/mol. The van der Waals surface area contributed by atoms with Crippen LogP contribution in [0.15, 0.2) is 54.7 Å². The van der Waals surface area contributed by atoms with Crippen molar-refractivity contribution in [3.05, 3.63) is 66.4 Å². The van der Waals surface area contributed by atoms with E-state index in [0.717, 1.165) is 11.3 Å². The van der Waals surface area contributed by atoms with Crippen LogP contribution >= 0.6 is 0 Å². The number of carboxylic acids is 1. The molecule has 0 amide bonds. The average molecular weight is 472 g/mol. The first-order valence-electron chi connectivity index (χ1n) is 6.62. The van der Waals surface area contributed by atoms with Gasteiger partial charge in [-0.2, -0.15) is 0 Å². The van der Waals surface area contributed by atoms with Gasteiger partial charge < -0.3 is 14.9 Å². The first-order valence-corrected chi connectivity index (χ1v) is 6.62. The van der Waals surface area contributed by atoms with Crippen LogP contribution in [0.4, 0.5) is 0 Å². The van der Waals surface area contributed by atoms with Crippen molar-refractivity contribution in [1.29, 1.82) is 0 Å². The van der Waals surface area contributed by atoms with Crippen molar-refractivity contribution in [2.45, 2.75) is 13.8 Å². The Hall–Kier alpha value is -2.03. The zero-order chi connectivity index (χ0) is 15.2. The molecule has 0 saturated carbocycles. The molecule has 3 nitrogen and oxygen atoms in total. The van der Waals surface area contributed by atoms with Gasteiger partial charge in [-0.25, -0.2) is 0 Å². The first kappa shape index (κ1) is 18.0. The van der Waals surface area contributed by atoms with E-state index in [4.69, 9.17) is 9.90 Å². The van der Waals surface area contributed by atoms with Crippen LogP contribution in [0.5, 0.6) is 0 Å². The molecule has 0 fully saturated rings. The van der Waals surface area contributed by atoms with Gasteiger partial charge in [0, 0.05) is 26.3 Å². The average Bonchev–Trinajstić information content (AvgIpc) is 2.47. The molecule has 0 atom stereocenters. The van der Waals surface area contributed by atoms with E-state index in [-0.39, 0.29) is 20.1 Å². The van der Waals surface area contributed by atoms with Crippen molar-refractivity contribution in [2.24, 2.45) is 0 Å². The normalized spacial score (nSPS) is 9.36. The van der Waals surface area contributed by atoms with Crippen molar-refractivity contribution in [3.63, 3.8) is 0 Å². The van der Waals surface area contributed by atoms with Crippen LogP contribution < -0.4 is 0 Å². The Morgan fingerprint density at radius 3 is 2.45 bits per heavy atom. The fourth-order valence-corrected chi connectivity index (χ4v) is 1.98. The minimum atomic E-state index is -0.583. The molecule has 2 N–H and O–H groups in total. The molecule has 1 aromatic heterocycles. The molecule has 1 radical (unpaired) electrons. The molecule has 3 aromatic rings. The molecule has 0 aliphatic heterocycles. The summed E-state index contributed by atoms with van der Waals surface area (Å²) >= 11 is 0. The Balaban J connectivity index is 0.000000436. The van der Waals surface area contributed by atoms with Gasteiger partial charge in [0.05, 0.1) is 6.92 Å². The number of pyridine rings is 1. The minimum absolute atomic E-state index is 0. The first-order chi connectivity index (χ1) is 10.1. The zero-order valence-corrected chi connectivity index (χ0v) is 14.8. The van der Waals surface area contributed by atoms with E-state index >= 15 is 0 Å². The summed E-state index contributed by atoms with van der Waals surface area (Å²) in [5, 5.41) is 9.92. The third-order valence-corrected chi connectivity index (χ3v) is 2.90. The van der Waals surface area contributed by atoms with Crippen molar-refractivity contribution < 1.29 is 30.0 Å². The number of fused-ring (bicyclic) bond motifs is 1. The Morgan fingerprint density at radius 2 is 1.82 bits per heavy atom. The predicted octanol–water partition coefficient (Wildman–Crippen LogP) is 4.07. The van der Waals surface area contributed by atoms with Crippen LogP contribution in [0.25, 0.3) is 22.0 Å². The summed E-state index contributed by atoms with van der Waals surface area (Å²) in [6.07, 6.45) is 1.85. The number of hydrogen-bond donors (Lipinski definition) is 1. The molecular weight excluding hydrogens is 454 g/mol. The number of aliphatic carboxylic acids is 1. The third-order valence-electron chi connectivity index (χ3n) is 2.90. The van der Waals surface area contributed by atoms with Gasteiger partial charge in [0.15, 0.2) is 0 Å². The molecular formula is C18H17IrNO2. The fraction of sp³-hybridized carbons (Fsp3) is 0.111. The largest absolute Gasteiger partial charge is 0.477 e. The number of aliphatic hydroxyl groups excluding tert-OH is 1. The monoisotopic (exact) mass is 472 g/mol. The summed E-state index contributed by atoms with van der Waals surface area (Å²) in [5.74, 6) is -0.583. The van der Waals surface area contributed by atoms with Crippen LogP contribution in [0.2, 0.25) is 0 Å². The van der Waals surface area contributed by atoms with E-state index in [1.165, 1.54) is 23.3 Å². The summed E-state index contributed by atoms with van der Waals surface area (Å²) in [6.45, 7) is 3.26. The number of benzene rings is 2. The standard InChI is InChI=1S/C16H12N.C2H4O2.Ir/c1-12-6-8-14(9-7-12)16-15-5-3-2-4-13(15)10-11-17-16;1-2(3)4;/h2-8,10-11H,1H3;1H3,(H,3,4);/q-1;;/p+1. The van der Waals surface area contributed by atoms with Gasteiger partial charge in [0.2, 0.25) is 0 Å². The number of aromatic nitrogens is 1. The molecule has 0 aliphatic rings. The second-order valence-corrected chi connectivity index (χ2v) is 4.71.